The van der Waals surface area contributed by atoms with Gasteiger partial charge in [-0.3, -0.25) is 9.69 Å². The molecule has 16 heavy (non-hydrogen) atoms. The van der Waals surface area contributed by atoms with Gasteiger partial charge in [0.1, 0.15) is 12.3 Å². The van der Waals surface area contributed by atoms with Crippen LogP contribution in [-0.2, 0) is 4.79 Å². The molecule has 7 nitrogen and oxygen atoms in total. The van der Waals surface area contributed by atoms with Gasteiger partial charge < -0.3 is 25.5 Å². The second-order valence-electron chi connectivity index (χ2n) is 3.99. The molecule has 7 heteroatoms. The third-order valence-electron chi connectivity index (χ3n) is 2.96. The Hall–Kier alpha value is -0.730. The molecule has 0 amide bonds. The lowest BCUT2D eigenvalue weighted by Crippen LogP contribution is -2.64. The summed E-state index contributed by atoms with van der Waals surface area (Å²) in [7, 11) is 0. The Bertz CT molecular complexity index is 260. The predicted molar refractivity (Wildman–Crippen MR) is 52.4 cm³/mol. The molecule has 94 valence electrons. The number of aliphatic hydroxyl groups is 4. The molecule has 0 aromatic carbocycles. The van der Waals surface area contributed by atoms with E-state index >= 15 is 0 Å². The Morgan fingerprint density at radius 1 is 1.44 bits per heavy atom. The molecule has 1 aliphatic heterocycles. The van der Waals surface area contributed by atoms with Crippen LogP contribution in [-0.4, -0.2) is 73.5 Å². The summed E-state index contributed by atoms with van der Waals surface area (Å²) in [6.45, 7) is 0.811. The summed E-state index contributed by atoms with van der Waals surface area (Å²) in [6.07, 6.45) is -3.77. The molecule has 1 rings (SSSR count). The Morgan fingerprint density at radius 3 is 2.44 bits per heavy atom. The largest absolute Gasteiger partial charge is 0.480 e. The van der Waals surface area contributed by atoms with Crippen LogP contribution in [0, 0.1) is 0 Å². The fourth-order valence-corrected chi connectivity index (χ4v) is 2.01. The van der Waals surface area contributed by atoms with Crippen LogP contribution in [0.3, 0.4) is 0 Å². The molecular weight excluding hydrogens is 218 g/mol. The maximum atomic E-state index is 10.8. The van der Waals surface area contributed by atoms with Crippen LogP contribution in [0.5, 0.6) is 0 Å². The van der Waals surface area contributed by atoms with Gasteiger partial charge in [0.05, 0.1) is 24.9 Å². The van der Waals surface area contributed by atoms with E-state index in [-0.39, 0.29) is 6.42 Å². The molecule has 0 aromatic rings. The Morgan fingerprint density at radius 2 is 2.00 bits per heavy atom. The average molecular weight is 235 g/mol. The van der Waals surface area contributed by atoms with Crippen molar-refractivity contribution in [2.45, 2.75) is 43.9 Å². The molecule has 0 radical (unpaired) electrons. The van der Waals surface area contributed by atoms with Crippen molar-refractivity contribution in [3.63, 3.8) is 0 Å². The number of likely N-dealkylation sites (tertiary alicyclic amines) is 1. The van der Waals surface area contributed by atoms with E-state index in [0.717, 1.165) is 4.90 Å². The van der Waals surface area contributed by atoms with Gasteiger partial charge in [0.15, 0.2) is 0 Å². The number of piperidine rings is 1. The zero-order valence-electron chi connectivity index (χ0n) is 8.89. The van der Waals surface area contributed by atoms with Crippen molar-refractivity contribution in [2.75, 3.05) is 6.61 Å². The number of aliphatic carboxylic acids is 1. The van der Waals surface area contributed by atoms with Gasteiger partial charge in [0, 0.05) is 6.42 Å². The molecule has 0 aromatic heterocycles. The maximum absolute atomic E-state index is 10.8. The fraction of sp³-hybridized carbons (Fsp3) is 0.889. The number of carboxylic acid groups (broad SMARTS) is 1. The topological polar surface area (TPSA) is 121 Å². The third-order valence-corrected chi connectivity index (χ3v) is 2.96. The molecule has 1 heterocycles. The zero-order chi connectivity index (χ0) is 12.5. The highest BCUT2D eigenvalue weighted by Crippen LogP contribution is 2.24. The number of nitrogens with zero attached hydrogens (tertiary/aromatic N) is 1. The average Bonchev–Trinajstić information content (AvgIpc) is 2.21. The summed E-state index contributed by atoms with van der Waals surface area (Å²) < 4.78 is 0. The van der Waals surface area contributed by atoms with Crippen LogP contribution in [0.2, 0.25) is 0 Å². The minimum absolute atomic E-state index is 0.144. The highest BCUT2D eigenvalue weighted by atomic mass is 16.4. The molecule has 1 fully saturated rings. The summed E-state index contributed by atoms with van der Waals surface area (Å²) in [5, 5.41) is 46.6. The number of hydrogen-bond donors (Lipinski definition) is 5. The van der Waals surface area contributed by atoms with Crippen molar-refractivity contribution in [2.24, 2.45) is 0 Å². The van der Waals surface area contributed by atoms with E-state index in [4.69, 9.17) is 10.2 Å². The molecule has 1 saturated heterocycles. The highest BCUT2D eigenvalue weighted by Gasteiger charge is 2.44. The molecule has 5 N–H and O–H groups in total. The van der Waals surface area contributed by atoms with Crippen molar-refractivity contribution in [1.82, 2.24) is 4.90 Å². The predicted octanol–water partition coefficient (Wildman–Crippen LogP) is -2.43. The lowest BCUT2D eigenvalue weighted by Gasteiger charge is -2.45. The Balaban J connectivity index is 2.90. The summed E-state index contributed by atoms with van der Waals surface area (Å²) >= 11 is 0. The van der Waals surface area contributed by atoms with Gasteiger partial charge in [-0.25, -0.2) is 0 Å². The van der Waals surface area contributed by atoms with Crippen molar-refractivity contribution in [3.05, 3.63) is 0 Å². The smallest absolute Gasteiger partial charge is 0.320 e. The van der Waals surface area contributed by atoms with E-state index in [2.05, 4.69) is 0 Å². The third kappa shape index (κ3) is 2.33. The van der Waals surface area contributed by atoms with Crippen LogP contribution >= 0.6 is 0 Å². The van der Waals surface area contributed by atoms with Gasteiger partial charge in [-0.05, 0) is 6.92 Å². The Kier molecular flexibility index (Phi) is 4.22. The maximum Gasteiger partial charge on any atom is 0.320 e. The lowest BCUT2D eigenvalue weighted by molar-refractivity contribution is -0.186. The van der Waals surface area contributed by atoms with E-state index in [0.29, 0.717) is 0 Å². The van der Waals surface area contributed by atoms with Gasteiger partial charge in [-0.1, -0.05) is 0 Å². The molecule has 0 aliphatic carbocycles. The first kappa shape index (κ1) is 13.3. The lowest BCUT2D eigenvalue weighted by atomic mass is 9.93. The van der Waals surface area contributed by atoms with Crippen LogP contribution in [0.1, 0.15) is 13.3 Å². The van der Waals surface area contributed by atoms with Crippen molar-refractivity contribution < 1.29 is 30.3 Å². The minimum Gasteiger partial charge on any atom is -0.480 e. The first-order valence-electron chi connectivity index (χ1n) is 5.05. The summed E-state index contributed by atoms with van der Waals surface area (Å²) in [5.41, 5.74) is 0. The Labute approximate surface area is 92.5 Å². The fourth-order valence-electron chi connectivity index (χ4n) is 2.01. The van der Waals surface area contributed by atoms with Crippen LogP contribution in [0.15, 0.2) is 0 Å². The quantitative estimate of drug-likeness (QED) is 0.368. The molecule has 0 spiro atoms. The van der Waals surface area contributed by atoms with E-state index in [1.807, 2.05) is 0 Å². The van der Waals surface area contributed by atoms with Gasteiger partial charge in [0.25, 0.3) is 0 Å². The van der Waals surface area contributed by atoms with E-state index in [9.17, 15) is 20.1 Å². The number of carboxylic acids is 1. The first-order chi connectivity index (χ1) is 7.40. The molecule has 0 bridgehead atoms. The molecule has 5 atom stereocenters. The van der Waals surface area contributed by atoms with Crippen molar-refractivity contribution in [3.8, 4) is 0 Å². The summed E-state index contributed by atoms with van der Waals surface area (Å²) in [5.74, 6) is -1.17. The molecular formula is C9H17NO6. The van der Waals surface area contributed by atoms with E-state index < -0.39 is 43.1 Å². The standard InChI is InChI=1S/C9H17NO6/c1-4(9(15)16)10-5(3-11)8(14)6(12)2-7(10)13/h4-8,11-14H,2-3H2,1H3,(H,15,16)/t4?,5-,6-,7?,8-/m1/s1. The number of hydrogen-bond acceptors (Lipinski definition) is 6. The van der Waals surface area contributed by atoms with Crippen LogP contribution in [0.25, 0.3) is 0 Å². The molecule has 0 saturated carbocycles. The summed E-state index contributed by atoms with van der Waals surface area (Å²) in [4.78, 5) is 11.9. The normalized spacial score (nSPS) is 38.3. The second kappa shape index (κ2) is 5.07. The van der Waals surface area contributed by atoms with Crippen molar-refractivity contribution in [1.29, 1.82) is 0 Å². The first-order valence-corrected chi connectivity index (χ1v) is 5.05. The van der Waals surface area contributed by atoms with Gasteiger partial charge in [-0.2, -0.15) is 0 Å². The molecule has 1 aliphatic rings. The van der Waals surface area contributed by atoms with Gasteiger partial charge in [-0.15, -0.1) is 0 Å². The minimum atomic E-state index is -1.27. The van der Waals surface area contributed by atoms with Gasteiger partial charge >= 0.3 is 5.97 Å². The van der Waals surface area contributed by atoms with Gasteiger partial charge in [0.2, 0.25) is 0 Å². The van der Waals surface area contributed by atoms with Crippen LogP contribution < -0.4 is 0 Å². The highest BCUT2D eigenvalue weighted by molar-refractivity contribution is 5.73. The van der Waals surface area contributed by atoms with Crippen molar-refractivity contribution >= 4 is 5.97 Å². The van der Waals surface area contributed by atoms with E-state index in [1.165, 1.54) is 6.92 Å². The number of rotatable bonds is 3. The SMILES string of the molecule is CC(C(=O)O)N1C(O)C[C@@H](O)[C@H](O)[C@H]1CO. The molecule has 2 unspecified atom stereocenters. The van der Waals surface area contributed by atoms with E-state index in [1.54, 1.807) is 0 Å². The zero-order valence-corrected chi connectivity index (χ0v) is 8.89. The van der Waals surface area contributed by atoms with Crippen LogP contribution in [0.4, 0.5) is 0 Å². The number of aliphatic hydroxyl groups excluding tert-OH is 4. The summed E-state index contributed by atoms with van der Waals surface area (Å²) in [6, 6.07) is -2.03. The second-order valence-corrected chi connectivity index (χ2v) is 3.99. The monoisotopic (exact) mass is 235 g/mol. The number of carbonyl (C=O) groups is 1.